The number of rotatable bonds is 10. The molecule has 0 unspecified atom stereocenters. The summed E-state index contributed by atoms with van der Waals surface area (Å²) >= 11 is 0. The van der Waals surface area contributed by atoms with E-state index in [1.54, 1.807) is 18.1 Å². The largest absolute Gasteiger partial charge is 0.380 e. The summed E-state index contributed by atoms with van der Waals surface area (Å²) in [6.45, 7) is 7.10. The molecule has 0 aromatic carbocycles. The van der Waals surface area contributed by atoms with E-state index >= 15 is 0 Å². The minimum atomic E-state index is -0.168. The summed E-state index contributed by atoms with van der Waals surface area (Å²) in [6, 6.07) is 0. The maximum absolute atomic E-state index is 12.5. The minimum Gasteiger partial charge on any atom is -0.380 e. The predicted molar refractivity (Wildman–Crippen MR) is 80.5 cm³/mol. The van der Waals surface area contributed by atoms with E-state index in [1.807, 2.05) is 13.8 Å². The summed E-state index contributed by atoms with van der Waals surface area (Å²) in [5.41, 5.74) is 0.315. The molecule has 1 heterocycles. The SMILES string of the molecule is CCOCCN(CCOCC)C(=O)c1cncc(NC)n1. The molecule has 1 aromatic rings. The number of nitrogens with zero attached hydrogens (tertiary/aromatic N) is 3. The molecule has 0 radical (unpaired) electrons. The van der Waals surface area contributed by atoms with Gasteiger partial charge < -0.3 is 19.7 Å². The van der Waals surface area contributed by atoms with Crippen molar-refractivity contribution in [2.45, 2.75) is 13.8 Å². The van der Waals surface area contributed by atoms with E-state index < -0.39 is 0 Å². The van der Waals surface area contributed by atoms with Crippen molar-refractivity contribution in [1.29, 1.82) is 0 Å². The summed E-state index contributed by atoms with van der Waals surface area (Å²) in [7, 11) is 1.74. The lowest BCUT2D eigenvalue weighted by atomic mass is 10.3. The van der Waals surface area contributed by atoms with Crippen LogP contribution in [0.1, 0.15) is 24.3 Å². The zero-order chi connectivity index (χ0) is 15.5. The highest BCUT2D eigenvalue weighted by Gasteiger charge is 2.17. The van der Waals surface area contributed by atoms with Crippen molar-refractivity contribution >= 4 is 11.7 Å². The van der Waals surface area contributed by atoms with Crippen LogP contribution >= 0.6 is 0 Å². The van der Waals surface area contributed by atoms with Gasteiger partial charge in [0.15, 0.2) is 0 Å². The molecule has 7 nitrogen and oxygen atoms in total. The predicted octanol–water partition coefficient (Wildman–Crippen LogP) is 1.03. The number of ether oxygens (including phenoxy) is 2. The Bertz CT molecular complexity index is 418. The number of hydrogen-bond acceptors (Lipinski definition) is 6. The third kappa shape index (κ3) is 6.05. The molecule has 7 heteroatoms. The van der Waals surface area contributed by atoms with Crippen LogP contribution in [0.15, 0.2) is 12.4 Å². The van der Waals surface area contributed by atoms with Crippen LogP contribution in [0.5, 0.6) is 0 Å². The van der Waals surface area contributed by atoms with Gasteiger partial charge in [0.1, 0.15) is 11.5 Å². The molecule has 0 spiro atoms. The highest BCUT2D eigenvalue weighted by molar-refractivity contribution is 5.92. The third-order valence-corrected chi connectivity index (χ3v) is 2.82. The van der Waals surface area contributed by atoms with Crippen LogP contribution in [0.3, 0.4) is 0 Å². The molecule has 1 aromatic heterocycles. The molecular formula is C14H24N4O3. The molecule has 0 atom stereocenters. The minimum absolute atomic E-state index is 0.168. The molecule has 1 amide bonds. The maximum atomic E-state index is 12.5. The molecule has 0 aliphatic heterocycles. The number of carbonyl (C=O) groups is 1. The first-order valence-electron chi connectivity index (χ1n) is 7.17. The Hall–Kier alpha value is -1.73. The molecule has 0 aliphatic carbocycles. The lowest BCUT2D eigenvalue weighted by Gasteiger charge is -2.22. The summed E-state index contributed by atoms with van der Waals surface area (Å²) in [6.07, 6.45) is 3.04. The van der Waals surface area contributed by atoms with Crippen molar-refractivity contribution in [3.8, 4) is 0 Å². The van der Waals surface area contributed by atoms with Gasteiger partial charge in [-0.15, -0.1) is 0 Å². The number of hydrogen-bond donors (Lipinski definition) is 1. The summed E-state index contributed by atoms with van der Waals surface area (Å²) in [5.74, 6) is 0.398. The van der Waals surface area contributed by atoms with E-state index in [4.69, 9.17) is 9.47 Å². The highest BCUT2D eigenvalue weighted by atomic mass is 16.5. The van der Waals surface area contributed by atoms with E-state index in [9.17, 15) is 4.79 Å². The highest BCUT2D eigenvalue weighted by Crippen LogP contribution is 2.05. The molecule has 1 rings (SSSR count). The number of anilines is 1. The molecule has 0 fully saturated rings. The van der Waals surface area contributed by atoms with Crippen molar-refractivity contribution < 1.29 is 14.3 Å². The average Bonchev–Trinajstić information content (AvgIpc) is 2.53. The Balaban J connectivity index is 2.71. The Kier molecular flexibility index (Phi) is 8.30. The van der Waals surface area contributed by atoms with Crippen LogP contribution in [-0.2, 0) is 9.47 Å². The molecular weight excluding hydrogens is 272 g/mol. The third-order valence-electron chi connectivity index (χ3n) is 2.82. The van der Waals surface area contributed by atoms with E-state index in [0.717, 1.165) is 0 Å². The number of nitrogens with one attached hydrogen (secondary N) is 1. The van der Waals surface area contributed by atoms with Crippen LogP contribution in [-0.4, -0.2) is 67.3 Å². The Morgan fingerprint density at radius 1 is 1.19 bits per heavy atom. The Morgan fingerprint density at radius 3 is 2.33 bits per heavy atom. The zero-order valence-corrected chi connectivity index (χ0v) is 13.0. The van der Waals surface area contributed by atoms with Gasteiger partial charge in [-0.25, -0.2) is 4.98 Å². The second-order valence-corrected chi connectivity index (χ2v) is 4.23. The van der Waals surface area contributed by atoms with Gasteiger partial charge in [-0.05, 0) is 13.8 Å². The van der Waals surface area contributed by atoms with Crippen molar-refractivity contribution in [3.05, 3.63) is 18.1 Å². The lowest BCUT2D eigenvalue weighted by Crippen LogP contribution is -2.37. The van der Waals surface area contributed by atoms with E-state index in [1.165, 1.54) is 6.20 Å². The molecule has 0 aliphatic rings. The Morgan fingerprint density at radius 2 is 1.81 bits per heavy atom. The number of amides is 1. The fourth-order valence-electron chi connectivity index (χ4n) is 1.70. The standard InChI is InChI=1S/C14H24N4O3/c1-4-20-8-6-18(7-9-21-5-2)14(19)12-10-16-11-13(15-3)17-12/h10-11H,4-9H2,1-3H3,(H,15,17). The fraction of sp³-hybridized carbons (Fsp3) is 0.643. The maximum Gasteiger partial charge on any atom is 0.274 e. The van der Waals surface area contributed by atoms with Crippen molar-refractivity contribution in [2.75, 3.05) is 51.9 Å². The van der Waals surface area contributed by atoms with Gasteiger partial charge in [-0.2, -0.15) is 0 Å². The van der Waals surface area contributed by atoms with Crippen LogP contribution < -0.4 is 5.32 Å². The molecule has 1 N–H and O–H groups in total. The number of aromatic nitrogens is 2. The molecule has 118 valence electrons. The zero-order valence-electron chi connectivity index (χ0n) is 13.0. The average molecular weight is 296 g/mol. The fourth-order valence-corrected chi connectivity index (χ4v) is 1.70. The first-order valence-corrected chi connectivity index (χ1v) is 7.17. The van der Waals surface area contributed by atoms with Gasteiger partial charge in [0.25, 0.3) is 5.91 Å². The van der Waals surface area contributed by atoms with Crippen LogP contribution in [0.2, 0.25) is 0 Å². The van der Waals surface area contributed by atoms with Crippen LogP contribution in [0.4, 0.5) is 5.82 Å². The first kappa shape index (κ1) is 17.3. The lowest BCUT2D eigenvalue weighted by molar-refractivity contribution is 0.0545. The monoisotopic (exact) mass is 296 g/mol. The summed E-state index contributed by atoms with van der Waals surface area (Å²) in [5, 5.41) is 2.87. The molecule has 0 saturated heterocycles. The second kappa shape index (κ2) is 10.1. The molecule has 21 heavy (non-hydrogen) atoms. The van der Waals surface area contributed by atoms with Crippen molar-refractivity contribution in [2.24, 2.45) is 0 Å². The van der Waals surface area contributed by atoms with Crippen molar-refractivity contribution in [3.63, 3.8) is 0 Å². The second-order valence-electron chi connectivity index (χ2n) is 4.23. The van der Waals surface area contributed by atoms with Crippen LogP contribution in [0, 0.1) is 0 Å². The first-order chi connectivity index (χ1) is 10.2. The Labute approximate surface area is 125 Å². The van der Waals surface area contributed by atoms with Crippen molar-refractivity contribution in [1.82, 2.24) is 14.9 Å². The quantitative estimate of drug-likeness (QED) is 0.650. The molecule has 0 bridgehead atoms. The smallest absolute Gasteiger partial charge is 0.274 e. The number of carbonyl (C=O) groups excluding carboxylic acids is 1. The normalized spacial score (nSPS) is 10.4. The topological polar surface area (TPSA) is 76.6 Å². The van der Waals surface area contributed by atoms with Gasteiger partial charge in [-0.3, -0.25) is 9.78 Å². The van der Waals surface area contributed by atoms with Gasteiger partial charge in [-0.1, -0.05) is 0 Å². The van der Waals surface area contributed by atoms with Gasteiger partial charge in [0.05, 0.1) is 25.6 Å². The van der Waals surface area contributed by atoms with E-state index in [-0.39, 0.29) is 5.91 Å². The van der Waals surface area contributed by atoms with E-state index in [0.29, 0.717) is 51.0 Å². The van der Waals surface area contributed by atoms with Gasteiger partial charge in [0, 0.05) is 33.4 Å². The molecule has 0 saturated carbocycles. The van der Waals surface area contributed by atoms with Gasteiger partial charge >= 0.3 is 0 Å². The van der Waals surface area contributed by atoms with Crippen LogP contribution in [0.25, 0.3) is 0 Å². The summed E-state index contributed by atoms with van der Waals surface area (Å²) in [4.78, 5) is 22.4. The van der Waals surface area contributed by atoms with E-state index in [2.05, 4.69) is 15.3 Å². The summed E-state index contributed by atoms with van der Waals surface area (Å²) < 4.78 is 10.6. The van der Waals surface area contributed by atoms with Gasteiger partial charge in [0.2, 0.25) is 0 Å².